The third-order valence-corrected chi connectivity index (χ3v) is 2.36. The van der Waals surface area contributed by atoms with Gasteiger partial charge in [0.1, 0.15) is 6.17 Å². The van der Waals surface area contributed by atoms with Crippen molar-refractivity contribution in [2.75, 3.05) is 14.1 Å². The first-order chi connectivity index (χ1) is 7.13. The Morgan fingerprint density at radius 3 is 1.93 bits per heavy atom. The SMILES string of the molecule is CC.CC(C(F)c1ccccc1)N(C)C. The lowest BCUT2D eigenvalue weighted by molar-refractivity contribution is 0.174. The van der Waals surface area contributed by atoms with Gasteiger partial charge in [0, 0.05) is 6.04 Å². The van der Waals surface area contributed by atoms with Gasteiger partial charge in [-0.15, -0.1) is 0 Å². The minimum absolute atomic E-state index is 0.0811. The van der Waals surface area contributed by atoms with E-state index in [1.807, 2.05) is 70.1 Å². The van der Waals surface area contributed by atoms with E-state index in [0.29, 0.717) is 0 Å². The van der Waals surface area contributed by atoms with Crippen molar-refractivity contribution < 1.29 is 4.39 Å². The van der Waals surface area contributed by atoms with Gasteiger partial charge in [-0.25, -0.2) is 4.39 Å². The average Bonchev–Trinajstić information content (AvgIpc) is 2.31. The van der Waals surface area contributed by atoms with E-state index in [-0.39, 0.29) is 6.04 Å². The quantitative estimate of drug-likeness (QED) is 0.737. The summed E-state index contributed by atoms with van der Waals surface area (Å²) in [5.41, 5.74) is 0.753. The summed E-state index contributed by atoms with van der Waals surface area (Å²) in [6, 6.07) is 9.20. The molecule has 15 heavy (non-hydrogen) atoms. The first-order valence-electron chi connectivity index (χ1n) is 5.48. The summed E-state index contributed by atoms with van der Waals surface area (Å²) < 4.78 is 13.7. The van der Waals surface area contributed by atoms with Crippen LogP contribution in [0.15, 0.2) is 30.3 Å². The van der Waals surface area contributed by atoms with Crippen LogP contribution in [-0.2, 0) is 0 Å². The van der Waals surface area contributed by atoms with Crippen LogP contribution in [0.3, 0.4) is 0 Å². The molecular weight excluding hydrogens is 189 g/mol. The van der Waals surface area contributed by atoms with Crippen molar-refractivity contribution in [3.8, 4) is 0 Å². The third kappa shape index (κ3) is 4.43. The van der Waals surface area contributed by atoms with Crippen molar-refractivity contribution >= 4 is 0 Å². The highest BCUT2D eigenvalue weighted by molar-refractivity contribution is 5.18. The molecule has 0 heterocycles. The maximum Gasteiger partial charge on any atom is 0.140 e. The second-order valence-corrected chi connectivity index (χ2v) is 3.52. The van der Waals surface area contributed by atoms with Gasteiger partial charge in [-0.05, 0) is 26.6 Å². The summed E-state index contributed by atoms with van der Waals surface area (Å²) in [7, 11) is 3.78. The molecule has 0 aliphatic heterocycles. The summed E-state index contributed by atoms with van der Waals surface area (Å²) in [6.07, 6.45) is -0.906. The van der Waals surface area contributed by atoms with E-state index in [4.69, 9.17) is 0 Å². The molecule has 0 saturated carbocycles. The predicted molar refractivity (Wildman–Crippen MR) is 64.8 cm³/mol. The predicted octanol–water partition coefficient (Wildman–Crippen LogP) is 3.67. The molecule has 1 nitrogen and oxygen atoms in total. The standard InChI is InChI=1S/C11H16FN.C2H6/c1-9(13(2)3)11(12)10-7-5-4-6-8-10;1-2/h4-9,11H,1-3H3;1-2H3. The first-order valence-corrected chi connectivity index (χ1v) is 5.48. The molecule has 2 heteroatoms. The van der Waals surface area contributed by atoms with Crippen LogP contribution < -0.4 is 0 Å². The highest BCUT2D eigenvalue weighted by atomic mass is 19.1. The normalized spacial score (nSPS) is 14.1. The lowest BCUT2D eigenvalue weighted by Gasteiger charge is -2.23. The second kappa shape index (κ2) is 7.41. The number of nitrogens with zero attached hydrogens (tertiary/aromatic N) is 1. The van der Waals surface area contributed by atoms with Gasteiger partial charge in [0.15, 0.2) is 0 Å². The van der Waals surface area contributed by atoms with Crippen molar-refractivity contribution in [2.24, 2.45) is 0 Å². The topological polar surface area (TPSA) is 3.24 Å². The molecular formula is C13H22FN. The van der Waals surface area contributed by atoms with E-state index in [2.05, 4.69) is 0 Å². The molecule has 86 valence electrons. The van der Waals surface area contributed by atoms with E-state index in [1.54, 1.807) is 0 Å². The van der Waals surface area contributed by atoms with E-state index < -0.39 is 6.17 Å². The Kier molecular flexibility index (Phi) is 6.97. The van der Waals surface area contributed by atoms with Crippen molar-refractivity contribution in [3.63, 3.8) is 0 Å². The van der Waals surface area contributed by atoms with Crippen LogP contribution in [0.25, 0.3) is 0 Å². The van der Waals surface area contributed by atoms with Gasteiger partial charge in [0.2, 0.25) is 0 Å². The lowest BCUT2D eigenvalue weighted by atomic mass is 10.0. The summed E-state index contributed by atoms with van der Waals surface area (Å²) in [5.74, 6) is 0. The van der Waals surface area contributed by atoms with Crippen molar-refractivity contribution in [1.82, 2.24) is 4.90 Å². The number of hydrogen-bond donors (Lipinski definition) is 0. The Labute approximate surface area is 92.9 Å². The minimum atomic E-state index is -0.906. The van der Waals surface area contributed by atoms with E-state index >= 15 is 0 Å². The molecule has 0 aliphatic carbocycles. The van der Waals surface area contributed by atoms with Crippen molar-refractivity contribution in [1.29, 1.82) is 0 Å². The van der Waals surface area contributed by atoms with Gasteiger partial charge in [-0.3, -0.25) is 0 Å². The van der Waals surface area contributed by atoms with Gasteiger partial charge >= 0.3 is 0 Å². The zero-order valence-electron chi connectivity index (χ0n) is 10.4. The summed E-state index contributed by atoms with van der Waals surface area (Å²) in [5, 5.41) is 0. The fourth-order valence-corrected chi connectivity index (χ4v) is 1.18. The van der Waals surface area contributed by atoms with Crippen LogP contribution >= 0.6 is 0 Å². The fraction of sp³-hybridized carbons (Fsp3) is 0.538. The summed E-state index contributed by atoms with van der Waals surface area (Å²) in [4.78, 5) is 1.89. The van der Waals surface area contributed by atoms with E-state index in [1.165, 1.54) is 0 Å². The Morgan fingerprint density at radius 1 is 1.07 bits per heavy atom. The van der Waals surface area contributed by atoms with Gasteiger partial charge in [-0.1, -0.05) is 44.2 Å². The molecule has 0 bridgehead atoms. The van der Waals surface area contributed by atoms with E-state index in [0.717, 1.165) is 5.56 Å². The molecule has 0 aromatic heterocycles. The number of likely N-dealkylation sites (N-methyl/N-ethyl adjacent to an activating group) is 1. The fourth-order valence-electron chi connectivity index (χ4n) is 1.18. The molecule has 1 rings (SSSR count). The molecule has 2 atom stereocenters. The molecule has 1 aromatic carbocycles. The molecule has 0 amide bonds. The van der Waals surface area contributed by atoms with Gasteiger partial charge in [0.25, 0.3) is 0 Å². The van der Waals surface area contributed by atoms with Crippen LogP contribution in [0.2, 0.25) is 0 Å². The number of benzene rings is 1. The van der Waals surface area contributed by atoms with Crippen LogP contribution in [0.4, 0.5) is 4.39 Å². The van der Waals surface area contributed by atoms with Crippen LogP contribution in [0, 0.1) is 0 Å². The number of rotatable bonds is 3. The Bertz CT molecular complexity index is 246. The van der Waals surface area contributed by atoms with Gasteiger partial charge in [0.05, 0.1) is 0 Å². The largest absolute Gasteiger partial charge is 0.303 e. The highest BCUT2D eigenvalue weighted by Gasteiger charge is 2.19. The number of alkyl halides is 1. The van der Waals surface area contributed by atoms with Crippen molar-refractivity contribution in [2.45, 2.75) is 33.0 Å². The molecule has 0 radical (unpaired) electrons. The maximum atomic E-state index is 13.7. The number of halogens is 1. The lowest BCUT2D eigenvalue weighted by Crippen LogP contribution is -2.29. The maximum absolute atomic E-state index is 13.7. The molecule has 0 N–H and O–H groups in total. The second-order valence-electron chi connectivity index (χ2n) is 3.52. The van der Waals surface area contributed by atoms with E-state index in [9.17, 15) is 4.39 Å². The highest BCUT2D eigenvalue weighted by Crippen LogP contribution is 2.22. The average molecular weight is 211 g/mol. The third-order valence-electron chi connectivity index (χ3n) is 2.36. The zero-order chi connectivity index (χ0) is 11.8. The molecule has 0 aliphatic rings. The molecule has 2 unspecified atom stereocenters. The van der Waals surface area contributed by atoms with Crippen LogP contribution in [0.1, 0.15) is 32.5 Å². The smallest absolute Gasteiger partial charge is 0.140 e. The number of hydrogen-bond acceptors (Lipinski definition) is 1. The van der Waals surface area contributed by atoms with Crippen molar-refractivity contribution in [3.05, 3.63) is 35.9 Å². The molecule has 0 saturated heterocycles. The Morgan fingerprint density at radius 2 is 1.53 bits per heavy atom. The molecule has 0 fully saturated rings. The van der Waals surface area contributed by atoms with Gasteiger partial charge < -0.3 is 4.90 Å². The Balaban J connectivity index is 0.000000921. The molecule has 0 spiro atoms. The first kappa shape index (κ1) is 14.1. The van der Waals surface area contributed by atoms with Crippen LogP contribution in [0.5, 0.6) is 0 Å². The van der Waals surface area contributed by atoms with Gasteiger partial charge in [-0.2, -0.15) is 0 Å². The molecule has 1 aromatic rings. The minimum Gasteiger partial charge on any atom is -0.303 e. The Hall–Kier alpha value is -0.890. The summed E-state index contributed by atoms with van der Waals surface area (Å²) in [6.45, 7) is 5.89. The monoisotopic (exact) mass is 211 g/mol. The van der Waals surface area contributed by atoms with Crippen LogP contribution in [-0.4, -0.2) is 25.0 Å². The summed E-state index contributed by atoms with van der Waals surface area (Å²) >= 11 is 0. The zero-order valence-corrected chi connectivity index (χ0v) is 10.4.